The maximum absolute atomic E-state index is 13.2. The summed E-state index contributed by atoms with van der Waals surface area (Å²) >= 11 is 0. The molecule has 0 bridgehead atoms. The monoisotopic (exact) mass is 622 g/mol. The Kier molecular flexibility index (Phi) is 9.75. The number of aromatic nitrogens is 2. The Morgan fingerprint density at radius 2 is 1.24 bits per heavy atom. The minimum absolute atomic E-state index is 0.283. The van der Waals surface area contributed by atoms with Crippen molar-refractivity contribution in [2.45, 2.75) is 157 Å². The molecule has 4 atom stereocenters. The van der Waals surface area contributed by atoms with Gasteiger partial charge in [-0.3, -0.25) is 14.3 Å². The van der Waals surface area contributed by atoms with E-state index in [4.69, 9.17) is 18.0 Å². The molecule has 4 aliphatic rings. The third kappa shape index (κ3) is 6.23. The number of hydrogen-bond acceptors (Lipinski definition) is 6. The molecule has 232 valence electrons. The lowest BCUT2D eigenvalue weighted by Gasteiger charge is -2.41. The van der Waals surface area contributed by atoms with E-state index in [-0.39, 0.29) is 12.2 Å². The summed E-state index contributed by atoms with van der Waals surface area (Å²) in [6.45, 7) is 14.4. The first-order chi connectivity index (χ1) is 19.5. The van der Waals surface area contributed by atoms with Gasteiger partial charge in [0, 0.05) is 12.3 Å². The first-order valence-corrected chi connectivity index (χ1v) is 23.7. The summed E-state index contributed by atoms with van der Waals surface area (Å²) in [6, 6.07) is 8.44. The molecule has 0 aromatic carbocycles. The highest BCUT2D eigenvalue weighted by Crippen LogP contribution is 2.48. The molecule has 11 heteroatoms. The molecule has 0 amide bonds. The van der Waals surface area contributed by atoms with Crippen LogP contribution in [0.5, 0.6) is 0 Å². The third-order valence-corrected chi connectivity index (χ3v) is 26.9. The molecule has 0 saturated carbocycles. The number of ether oxygens (including phenoxy) is 1. The highest BCUT2D eigenvalue weighted by Gasteiger charge is 2.57. The summed E-state index contributed by atoms with van der Waals surface area (Å²) in [5.74, 6) is 0. The van der Waals surface area contributed by atoms with Crippen molar-refractivity contribution in [2.75, 3.05) is 6.61 Å². The zero-order chi connectivity index (χ0) is 29.4. The fourth-order valence-corrected chi connectivity index (χ4v) is 21.3. The van der Waals surface area contributed by atoms with Gasteiger partial charge in [-0.25, -0.2) is 4.79 Å². The number of rotatable bonds is 11. The van der Waals surface area contributed by atoms with Crippen LogP contribution in [0.4, 0.5) is 0 Å². The van der Waals surface area contributed by atoms with Crippen molar-refractivity contribution in [1.29, 1.82) is 0 Å². The molecule has 4 fully saturated rings. The van der Waals surface area contributed by atoms with Crippen molar-refractivity contribution in [3.8, 4) is 0 Å². The molecule has 5 heterocycles. The minimum Gasteiger partial charge on any atom is -0.414 e. The topological polar surface area (TPSA) is 91.8 Å². The Balaban J connectivity index is 1.55. The summed E-state index contributed by atoms with van der Waals surface area (Å²) in [7, 11) is -6.03. The number of nitrogens with one attached hydrogen (secondary N) is 1. The van der Waals surface area contributed by atoms with E-state index in [1.54, 1.807) is 10.8 Å². The van der Waals surface area contributed by atoms with Gasteiger partial charge in [-0.2, -0.15) is 0 Å². The molecule has 1 N–H and O–H groups in total. The largest absolute Gasteiger partial charge is 0.414 e. The smallest absolute Gasteiger partial charge is 0.330 e. The molecule has 1 aromatic heterocycles. The zero-order valence-electron chi connectivity index (χ0n) is 26.3. The third-order valence-electron chi connectivity index (χ3n) is 11.2. The van der Waals surface area contributed by atoms with Crippen molar-refractivity contribution >= 4 is 25.0 Å². The summed E-state index contributed by atoms with van der Waals surface area (Å²) in [5, 5.41) is 0. The van der Waals surface area contributed by atoms with E-state index in [9.17, 15) is 9.59 Å². The maximum atomic E-state index is 13.2. The summed E-state index contributed by atoms with van der Waals surface area (Å²) in [6.07, 6.45) is 7.29. The van der Waals surface area contributed by atoms with Gasteiger partial charge in [0.05, 0.1) is 6.61 Å². The predicted molar refractivity (Wildman–Crippen MR) is 170 cm³/mol. The second kappa shape index (κ2) is 12.6. The van der Waals surface area contributed by atoms with E-state index >= 15 is 0 Å². The van der Waals surface area contributed by atoms with Crippen LogP contribution in [0.1, 0.15) is 86.3 Å². The average Bonchev–Trinajstić information content (AvgIpc) is 3.73. The molecular formula is C30H54N2O6Si3. The Morgan fingerprint density at radius 3 is 1.71 bits per heavy atom. The van der Waals surface area contributed by atoms with Crippen molar-refractivity contribution < 1.29 is 18.0 Å². The molecular weight excluding hydrogens is 569 g/mol. The van der Waals surface area contributed by atoms with Gasteiger partial charge in [0.25, 0.3) is 5.56 Å². The first kappa shape index (κ1) is 31.6. The van der Waals surface area contributed by atoms with Crippen molar-refractivity contribution in [3.05, 3.63) is 33.1 Å². The predicted octanol–water partition coefficient (Wildman–Crippen LogP) is 6.67. The minimum atomic E-state index is -2.10. The van der Waals surface area contributed by atoms with Crippen LogP contribution in [0, 0.1) is 0 Å². The second-order valence-electron chi connectivity index (χ2n) is 14.3. The highest BCUT2D eigenvalue weighted by molar-refractivity contribution is 6.76. The van der Waals surface area contributed by atoms with Crippen LogP contribution in [-0.4, -0.2) is 59.4 Å². The molecule has 4 saturated heterocycles. The zero-order valence-corrected chi connectivity index (χ0v) is 29.3. The molecule has 1 unspecified atom stereocenters. The van der Waals surface area contributed by atoms with Crippen LogP contribution in [0.2, 0.25) is 52.9 Å². The molecule has 0 spiro atoms. The van der Waals surface area contributed by atoms with E-state index in [0.29, 0.717) is 23.2 Å². The average molecular weight is 623 g/mol. The Labute approximate surface area is 249 Å². The fraction of sp³-hybridized carbons (Fsp3) is 0.867. The first-order valence-electron chi connectivity index (χ1n) is 16.5. The van der Waals surface area contributed by atoms with Gasteiger partial charge in [-0.1, -0.05) is 80.1 Å². The van der Waals surface area contributed by atoms with Crippen molar-refractivity contribution in [2.24, 2.45) is 0 Å². The van der Waals surface area contributed by atoms with Crippen molar-refractivity contribution in [3.63, 3.8) is 0 Å². The van der Waals surface area contributed by atoms with Crippen LogP contribution < -0.4 is 11.2 Å². The fourth-order valence-electron chi connectivity index (χ4n) is 8.22. The van der Waals surface area contributed by atoms with Gasteiger partial charge in [-0.15, -0.1) is 0 Å². The number of aromatic amines is 1. The Bertz CT molecular complexity index is 1140. The lowest BCUT2D eigenvalue weighted by molar-refractivity contribution is -0.0508. The van der Waals surface area contributed by atoms with Gasteiger partial charge in [0.1, 0.15) is 18.3 Å². The van der Waals surface area contributed by atoms with Crippen LogP contribution in [0.25, 0.3) is 0 Å². The van der Waals surface area contributed by atoms with Gasteiger partial charge in [-0.05, 0) is 52.9 Å². The summed E-state index contributed by atoms with van der Waals surface area (Å²) in [5.41, 5.74) is 0.657. The van der Waals surface area contributed by atoms with Crippen LogP contribution in [0.3, 0.4) is 0 Å². The molecule has 8 nitrogen and oxygen atoms in total. The number of H-pyrrole nitrogens is 1. The number of nitrogens with zero attached hydrogens (tertiary/aromatic N) is 1. The Hall–Kier alpha value is -0.829. The van der Waals surface area contributed by atoms with Gasteiger partial charge in [0.15, 0.2) is 31.2 Å². The maximum Gasteiger partial charge on any atom is 0.330 e. The Morgan fingerprint density at radius 1 is 0.780 bits per heavy atom. The number of hydrogen-bond donors (Lipinski definition) is 1. The molecule has 41 heavy (non-hydrogen) atoms. The SMILES string of the molecule is CC(C)[Si]1(OC[C@@H]2OC(n3ccc(=O)[nH]c3=O)[C@@H](O[Si]3(C(C)C)CCCC3)[C@H]2O[Si]2(C(C)C)CCCC2)CCCC1. The van der Waals surface area contributed by atoms with Gasteiger partial charge >= 0.3 is 5.69 Å². The molecule has 0 aliphatic carbocycles. The second-order valence-corrected chi connectivity index (χ2v) is 28.0. The van der Waals surface area contributed by atoms with Crippen LogP contribution >= 0.6 is 0 Å². The lowest BCUT2D eigenvalue weighted by Crippen LogP contribution is -2.54. The molecule has 4 aliphatic heterocycles. The van der Waals surface area contributed by atoms with Crippen LogP contribution in [-0.2, 0) is 18.0 Å². The highest BCUT2D eigenvalue weighted by atomic mass is 28.4. The summed E-state index contributed by atoms with van der Waals surface area (Å²) in [4.78, 5) is 27.7. The van der Waals surface area contributed by atoms with E-state index in [2.05, 4.69) is 46.5 Å². The molecule has 1 aromatic rings. The van der Waals surface area contributed by atoms with Gasteiger partial charge in [0.2, 0.25) is 0 Å². The molecule has 0 radical (unpaired) electrons. The lowest BCUT2D eigenvalue weighted by atomic mass is 10.1. The normalized spacial score (nSPS) is 30.8. The standard InChI is InChI=1S/C30H54N2O6Si3/c1-22(2)39(15-7-8-16-39)35-21-25-27(37-40(23(3)4)17-9-10-18-40)28(38-41(24(5)6)19-11-12-20-41)29(36-25)32-14-13-26(33)31-30(32)34/h13-14,22-25,27-29H,7-12,15-21H2,1-6H3,(H,31,33,34)/t25-,27-,28-,29?/m0/s1. The van der Waals surface area contributed by atoms with Crippen molar-refractivity contribution in [1.82, 2.24) is 9.55 Å². The van der Waals surface area contributed by atoms with E-state index in [1.807, 2.05) is 0 Å². The molecule has 5 rings (SSSR count). The van der Waals surface area contributed by atoms with Crippen LogP contribution in [0.15, 0.2) is 21.9 Å². The summed E-state index contributed by atoms with van der Waals surface area (Å²) < 4.78 is 30.3. The van der Waals surface area contributed by atoms with E-state index < -0.39 is 48.5 Å². The van der Waals surface area contributed by atoms with E-state index in [1.165, 1.54) is 68.8 Å². The van der Waals surface area contributed by atoms with Gasteiger partial charge < -0.3 is 18.0 Å². The quantitative estimate of drug-likeness (QED) is 0.277. The van der Waals surface area contributed by atoms with E-state index in [0.717, 1.165) is 12.1 Å².